The standard InChI is InChI=1S/C16H20N4O3S/c1-12-4-6-14(7-5-12)19-16(21)13-3-2-8-20(10-13)24(22,23)15-9-17-11-18-15/h4-7,9,11,13H,2-3,8,10H2,1H3,(H,17,18)(H,19,21). The van der Waals surface area contributed by atoms with E-state index in [-0.39, 0.29) is 23.4 Å². The van der Waals surface area contributed by atoms with Gasteiger partial charge in [0.05, 0.1) is 18.4 Å². The number of aromatic amines is 1. The van der Waals surface area contributed by atoms with Gasteiger partial charge in [0, 0.05) is 18.8 Å². The van der Waals surface area contributed by atoms with Crippen LogP contribution < -0.4 is 5.32 Å². The Kier molecular flexibility index (Phi) is 4.68. The van der Waals surface area contributed by atoms with Crippen molar-refractivity contribution < 1.29 is 13.2 Å². The van der Waals surface area contributed by atoms with Crippen LogP contribution in [0.5, 0.6) is 0 Å². The van der Waals surface area contributed by atoms with Crippen molar-refractivity contribution in [3.05, 3.63) is 42.4 Å². The van der Waals surface area contributed by atoms with Crippen molar-refractivity contribution in [2.24, 2.45) is 5.92 Å². The Morgan fingerprint density at radius 3 is 2.75 bits per heavy atom. The first-order valence-electron chi connectivity index (χ1n) is 7.83. The number of rotatable bonds is 4. The SMILES string of the molecule is Cc1ccc(NC(=O)C2CCCN(S(=O)(=O)c3cnc[nH]3)C2)cc1. The highest BCUT2D eigenvalue weighted by molar-refractivity contribution is 7.89. The smallest absolute Gasteiger partial charge is 0.260 e. The van der Waals surface area contributed by atoms with Crippen LogP contribution in [0, 0.1) is 12.8 Å². The molecule has 8 heteroatoms. The zero-order valence-electron chi connectivity index (χ0n) is 13.4. The van der Waals surface area contributed by atoms with Crippen molar-refractivity contribution >= 4 is 21.6 Å². The van der Waals surface area contributed by atoms with E-state index >= 15 is 0 Å². The minimum Gasteiger partial charge on any atom is -0.335 e. The molecule has 2 heterocycles. The lowest BCUT2D eigenvalue weighted by molar-refractivity contribution is -0.120. The molecule has 0 aliphatic carbocycles. The van der Waals surface area contributed by atoms with Crippen molar-refractivity contribution in [2.45, 2.75) is 24.8 Å². The molecule has 1 aromatic heterocycles. The predicted molar refractivity (Wildman–Crippen MR) is 89.9 cm³/mol. The van der Waals surface area contributed by atoms with Crippen molar-refractivity contribution in [3.8, 4) is 0 Å². The minimum atomic E-state index is -3.63. The van der Waals surface area contributed by atoms with E-state index in [4.69, 9.17) is 0 Å². The van der Waals surface area contributed by atoms with Crippen LogP contribution in [0.2, 0.25) is 0 Å². The molecule has 0 saturated carbocycles. The molecule has 0 bridgehead atoms. The predicted octanol–water partition coefficient (Wildman–Crippen LogP) is 1.76. The molecule has 1 unspecified atom stereocenters. The normalized spacial score (nSPS) is 19.1. The maximum absolute atomic E-state index is 12.5. The molecule has 128 valence electrons. The third kappa shape index (κ3) is 3.49. The highest BCUT2D eigenvalue weighted by atomic mass is 32.2. The number of nitrogens with one attached hydrogen (secondary N) is 2. The lowest BCUT2D eigenvalue weighted by Gasteiger charge is -2.30. The number of hydrogen-bond donors (Lipinski definition) is 2. The van der Waals surface area contributed by atoms with Crippen molar-refractivity contribution in [2.75, 3.05) is 18.4 Å². The third-order valence-corrected chi connectivity index (χ3v) is 5.96. The van der Waals surface area contributed by atoms with Crippen molar-refractivity contribution in [1.29, 1.82) is 0 Å². The number of anilines is 1. The van der Waals surface area contributed by atoms with E-state index in [2.05, 4.69) is 15.3 Å². The summed E-state index contributed by atoms with van der Waals surface area (Å²) in [5.74, 6) is -0.513. The second-order valence-electron chi connectivity index (χ2n) is 5.97. The van der Waals surface area contributed by atoms with Gasteiger partial charge in [0.1, 0.15) is 0 Å². The Bertz CT molecular complexity index is 800. The zero-order chi connectivity index (χ0) is 17.2. The molecule has 3 rings (SSSR count). The molecule has 1 aliphatic rings. The molecule has 0 spiro atoms. The Balaban J connectivity index is 1.69. The second-order valence-corrected chi connectivity index (χ2v) is 7.88. The van der Waals surface area contributed by atoms with Gasteiger partial charge in [-0.3, -0.25) is 4.79 Å². The van der Waals surface area contributed by atoms with Gasteiger partial charge in [-0.25, -0.2) is 13.4 Å². The van der Waals surface area contributed by atoms with Gasteiger partial charge in [0.25, 0.3) is 10.0 Å². The summed E-state index contributed by atoms with van der Waals surface area (Å²) < 4.78 is 26.4. The quantitative estimate of drug-likeness (QED) is 0.880. The first-order valence-corrected chi connectivity index (χ1v) is 9.27. The van der Waals surface area contributed by atoms with Crippen LogP contribution in [0.1, 0.15) is 18.4 Å². The summed E-state index contributed by atoms with van der Waals surface area (Å²) in [6, 6.07) is 7.53. The average molecular weight is 348 g/mol. The molecular formula is C16H20N4O3S. The van der Waals surface area contributed by atoms with Gasteiger partial charge in [-0.2, -0.15) is 4.31 Å². The van der Waals surface area contributed by atoms with Gasteiger partial charge >= 0.3 is 0 Å². The maximum Gasteiger partial charge on any atom is 0.260 e. The van der Waals surface area contributed by atoms with Gasteiger partial charge in [0.15, 0.2) is 5.03 Å². The Labute approximate surface area is 141 Å². The number of imidazole rings is 1. The van der Waals surface area contributed by atoms with E-state index < -0.39 is 10.0 Å². The molecule has 24 heavy (non-hydrogen) atoms. The minimum absolute atomic E-state index is 0.0575. The summed E-state index contributed by atoms with van der Waals surface area (Å²) in [6.45, 7) is 2.57. The zero-order valence-corrected chi connectivity index (χ0v) is 14.2. The van der Waals surface area contributed by atoms with E-state index in [9.17, 15) is 13.2 Å². The van der Waals surface area contributed by atoms with Gasteiger partial charge in [0.2, 0.25) is 5.91 Å². The monoisotopic (exact) mass is 348 g/mol. The highest BCUT2D eigenvalue weighted by Crippen LogP contribution is 2.23. The summed E-state index contributed by atoms with van der Waals surface area (Å²) in [5.41, 5.74) is 1.83. The number of benzene rings is 1. The molecule has 2 N–H and O–H groups in total. The topological polar surface area (TPSA) is 95.2 Å². The van der Waals surface area contributed by atoms with E-state index in [0.29, 0.717) is 19.4 Å². The molecular weight excluding hydrogens is 328 g/mol. The first-order chi connectivity index (χ1) is 11.5. The third-order valence-electron chi connectivity index (χ3n) is 4.16. The number of H-pyrrole nitrogens is 1. The van der Waals surface area contributed by atoms with Gasteiger partial charge in [-0.05, 0) is 31.9 Å². The van der Waals surface area contributed by atoms with Crippen LogP contribution in [0.3, 0.4) is 0 Å². The van der Waals surface area contributed by atoms with E-state index in [0.717, 1.165) is 11.3 Å². The molecule has 1 atom stereocenters. The van der Waals surface area contributed by atoms with E-state index in [1.54, 1.807) is 0 Å². The molecule has 1 aliphatic heterocycles. The molecule has 1 saturated heterocycles. The van der Waals surface area contributed by atoms with E-state index in [1.807, 2.05) is 31.2 Å². The van der Waals surface area contributed by atoms with Crippen LogP contribution in [-0.2, 0) is 14.8 Å². The molecule has 1 fully saturated rings. The molecule has 1 amide bonds. The number of carbonyl (C=O) groups excluding carboxylic acids is 1. The molecule has 2 aromatic rings. The second kappa shape index (κ2) is 6.74. The van der Waals surface area contributed by atoms with Crippen LogP contribution in [0.15, 0.2) is 41.8 Å². The largest absolute Gasteiger partial charge is 0.335 e. The fourth-order valence-corrected chi connectivity index (χ4v) is 4.20. The average Bonchev–Trinajstić information content (AvgIpc) is 3.12. The number of sulfonamides is 1. The summed E-state index contributed by atoms with van der Waals surface area (Å²) >= 11 is 0. The fraction of sp³-hybridized carbons (Fsp3) is 0.375. The van der Waals surface area contributed by atoms with Crippen molar-refractivity contribution in [1.82, 2.24) is 14.3 Å². The van der Waals surface area contributed by atoms with Gasteiger partial charge in [-0.15, -0.1) is 0 Å². The number of aromatic nitrogens is 2. The number of amides is 1. The Morgan fingerprint density at radius 2 is 2.08 bits per heavy atom. The Hall–Kier alpha value is -2.19. The lowest BCUT2D eigenvalue weighted by Crippen LogP contribution is -2.43. The number of hydrogen-bond acceptors (Lipinski definition) is 4. The number of piperidine rings is 1. The number of nitrogens with zero attached hydrogens (tertiary/aromatic N) is 2. The molecule has 7 nitrogen and oxygen atoms in total. The summed E-state index contributed by atoms with van der Waals surface area (Å²) in [7, 11) is -3.63. The first kappa shape index (κ1) is 16.7. The van der Waals surface area contributed by atoms with Crippen LogP contribution in [0.4, 0.5) is 5.69 Å². The molecule has 1 aromatic carbocycles. The highest BCUT2D eigenvalue weighted by Gasteiger charge is 2.34. The van der Waals surface area contributed by atoms with Crippen molar-refractivity contribution in [3.63, 3.8) is 0 Å². The van der Waals surface area contributed by atoms with Crippen LogP contribution in [-0.4, -0.2) is 41.7 Å². The Morgan fingerprint density at radius 1 is 1.33 bits per heavy atom. The summed E-state index contributed by atoms with van der Waals surface area (Å²) in [5, 5.41) is 2.92. The molecule has 0 radical (unpaired) electrons. The summed E-state index contributed by atoms with van der Waals surface area (Å²) in [4.78, 5) is 18.8. The fourth-order valence-electron chi connectivity index (χ4n) is 2.78. The number of aryl methyl sites for hydroxylation is 1. The lowest BCUT2D eigenvalue weighted by atomic mass is 9.98. The van der Waals surface area contributed by atoms with Crippen LogP contribution >= 0.6 is 0 Å². The van der Waals surface area contributed by atoms with E-state index in [1.165, 1.54) is 16.8 Å². The number of carbonyl (C=O) groups is 1. The summed E-state index contributed by atoms with van der Waals surface area (Å²) in [6.07, 6.45) is 3.94. The van der Waals surface area contributed by atoms with Gasteiger partial charge in [-0.1, -0.05) is 17.7 Å². The van der Waals surface area contributed by atoms with Gasteiger partial charge < -0.3 is 10.3 Å². The maximum atomic E-state index is 12.5. The van der Waals surface area contributed by atoms with Crippen LogP contribution in [0.25, 0.3) is 0 Å².